The van der Waals surface area contributed by atoms with Crippen molar-refractivity contribution < 1.29 is 0 Å². The van der Waals surface area contributed by atoms with Gasteiger partial charge in [0.15, 0.2) is 0 Å². The first-order valence-corrected chi connectivity index (χ1v) is 4.13. The topological polar surface area (TPSA) is 29.9 Å². The van der Waals surface area contributed by atoms with E-state index < -0.39 is 0 Å². The van der Waals surface area contributed by atoms with Gasteiger partial charge in [-0.3, -0.25) is 0 Å². The second kappa shape index (κ2) is 2.00. The molecule has 0 atom stereocenters. The maximum absolute atomic E-state index is 4.31. The third-order valence-corrected chi connectivity index (χ3v) is 2.31. The normalized spacial score (nSPS) is 14.7. The van der Waals surface area contributed by atoms with Gasteiger partial charge in [0.25, 0.3) is 0 Å². The van der Waals surface area contributed by atoms with E-state index >= 15 is 0 Å². The van der Waals surface area contributed by atoms with Gasteiger partial charge in [-0.25, -0.2) is 4.98 Å². The van der Waals surface area contributed by atoms with Crippen LogP contribution in [0.5, 0.6) is 0 Å². The van der Waals surface area contributed by atoms with Gasteiger partial charge in [0.2, 0.25) is 0 Å². The zero-order valence-electron chi connectivity index (χ0n) is 6.62. The lowest BCUT2D eigenvalue weighted by Gasteiger charge is -2.16. The van der Waals surface area contributed by atoms with Crippen molar-refractivity contribution in [3.63, 3.8) is 0 Å². The van der Waals surface area contributed by atoms with Crippen molar-refractivity contribution in [1.82, 2.24) is 9.55 Å². The highest BCUT2D eigenvalue weighted by molar-refractivity contribution is 5.89. The van der Waals surface area contributed by atoms with E-state index in [2.05, 4.69) is 20.9 Å². The molecule has 0 amide bonds. The van der Waals surface area contributed by atoms with E-state index in [1.165, 1.54) is 11.2 Å². The van der Waals surface area contributed by atoms with Gasteiger partial charge < -0.3 is 9.88 Å². The molecule has 3 heteroatoms. The van der Waals surface area contributed by atoms with E-state index in [4.69, 9.17) is 0 Å². The molecule has 0 saturated carbocycles. The quantitative estimate of drug-likeness (QED) is 0.630. The van der Waals surface area contributed by atoms with Crippen molar-refractivity contribution in [1.29, 1.82) is 0 Å². The van der Waals surface area contributed by atoms with Crippen LogP contribution in [0, 0.1) is 0 Å². The number of benzene rings is 1. The van der Waals surface area contributed by atoms with Crippen molar-refractivity contribution in [2.24, 2.45) is 0 Å². The smallest absolute Gasteiger partial charge is 0.0959 e. The average molecular weight is 159 g/mol. The minimum atomic E-state index is 1.00. The molecule has 2 aromatic rings. The van der Waals surface area contributed by atoms with Crippen LogP contribution in [0.15, 0.2) is 24.5 Å². The summed E-state index contributed by atoms with van der Waals surface area (Å²) in [4.78, 5) is 4.31. The molecule has 0 unspecified atom stereocenters. The Kier molecular flexibility index (Phi) is 1.01. The van der Waals surface area contributed by atoms with Crippen molar-refractivity contribution in [3.05, 3.63) is 24.5 Å². The largest absolute Gasteiger partial charge is 0.382 e. The molecule has 1 aliphatic rings. The molecule has 2 heterocycles. The standard InChI is InChI=1S/C9H9N3/c1-2-7-9-8(3-1)11-6-12(9)5-4-10-7/h1-3,6,10H,4-5H2. The first-order chi connectivity index (χ1) is 5.95. The molecule has 3 rings (SSSR count). The first kappa shape index (κ1) is 6.06. The Morgan fingerprint density at radius 1 is 1.42 bits per heavy atom. The highest BCUT2D eigenvalue weighted by atomic mass is 15.1. The lowest BCUT2D eigenvalue weighted by Crippen LogP contribution is -2.15. The third kappa shape index (κ3) is 0.630. The summed E-state index contributed by atoms with van der Waals surface area (Å²) in [5.74, 6) is 0. The van der Waals surface area contributed by atoms with Crippen molar-refractivity contribution in [3.8, 4) is 0 Å². The maximum atomic E-state index is 4.31. The molecule has 0 radical (unpaired) electrons. The molecule has 0 aliphatic carbocycles. The Labute approximate surface area is 70.0 Å². The van der Waals surface area contributed by atoms with Gasteiger partial charge in [-0.05, 0) is 12.1 Å². The van der Waals surface area contributed by atoms with Gasteiger partial charge >= 0.3 is 0 Å². The summed E-state index contributed by atoms with van der Waals surface area (Å²) >= 11 is 0. The molecule has 12 heavy (non-hydrogen) atoms. The summed E-state index contributed by atoms with van der Waals surface area (Å²) in [6, 6.07) is 6.18. The van der Waals surface area contributed by atoms with Crippen LogP contribution < -0.4 is 5.32 Å². The van der Waals surface area contributed by atoms with Crippen molar-refractivity contribution in [2.75, 3.05) is 11.9 Å². The summed E-state index contributed by atoms with van der Waals surface area (Å²) in [7, 11) is 0. The molecule has 60 valence electrons. The summed E-state index contributed by atoms with van der Waals surface area (Å²) in [5, 5.41) is 3.35. The minimum absolute atomic E-state index is 1.00. The van der Waals surface area contributed by atoms with Gasteiger partial charge in [0, 0.05) is 13.1 Å². The van der Waals surface area contributed by atoms with Gasteiger partial charge in [-0.2, -0.15) is 0 Å². The summed E-state index contributed by atoms with van der Waals surface area (Å²) in [6.45, 7) is 2.02. The van der Waals surface area contributed by atoms with Gasteiger partial charge in [0.05, 0.1) is 23.0 Å². The molecule has 3 nitrogen and oxygen atoms in total. The van der Waals surface area contributed by atoms with Gasteiger partial charge in [-0.15, -0.1) is 0 Å². The van der Waals surface area contributed by atoms with Crippen LogP contribution in [0.4, 0.5) is 5.69 Å². The van der Waals surface area contributed by atoms with Crippen molar-refractivity contribution >= 4 is 16.7 Å². The van der Waals surface area contributed by atoms with Crippen LogP contribution in [-0.2, 0) is 6.54 Å². The molecule has 1 aromatic carbocycles. The average Bonchev–Trinajstić information content (AvgIpc) is 2.52. The Hall–Kier alpha value is -1.51. The highest BCUT2D eigenvalue weighted by Gasteiger charge is 2.10. The molecule has 0 spiro atoms. The molecule has 0 saturated heterocycles. The number of rotatable bonds is 0. The van der Waals surface area contributed by atoms with Gasteiger partial charge in [0.1, 0.15) is 0 Å². The zero-order chi connectivity index (χ0) is 7.97. The summed E-state index contributed by atoms with van der Waals surface area (Å²) in [6.07, 6.45) is 1.91. The van der Waals surface area contributed by atoms with E-state index in [-0.39, 0.29) is 0 Å². The van der Waals surface area contributed by atoms with E-state index in [9.17, 15) is 0 Å². The minimum Gasteiger partial charge on any atom is -0.382 e. The Balaban J connectivity index is 2.50. The van der Waals surface area contributed by atoms with Gasteiger partial charge in [-0.1, -0.05) is 6.07 Å². The van der Waals surface area contributed by atoms with E-state index in [1.807, 2.05) is 18.5 Å². The van der Waals surface area contributed by atoms with Crippen molar-refractivity contribution in [2.45, 2.75) is 6.54 Å². The number of nitrogens with zero attached hydrogens (tertiary/aromatic N) is 2. The molecule has 1 N–H and O–H groups in total. The number of nitrogens with one attached hydrogen (secondary N) is 1. The number of aromatic nitrogens is 2. The Morgan fingerprint density at radius 3 is 3.42 bits per heavy atom. The first-order valence-electron chi connectivity index (χ1n) is 4.13. The number of imidazole rings is 1. The number of para-hydroxylation sites is 1. The number of hydrogen-bond acceptors (Lipinski definition) is 2. The van der Waals surface area contributed by atoms with Crippen LogP contribution >= 0.6 is 0 Å². The van der Waals surface area contributed by atoms with E-state index in [0.29, 0.717) is 0 Å². The van der Waals surface area contributed by atoms with Crippen LogP contribution in [0.1, 0.15) is 0 Å². The fraction of sp³-hybridized carbons (Fsp3) is 0.222. The lowest BCUT2D eigenvalue weighted by atomic mass is 10.2. The molecule has 0 fully saturated rings. The zero-order valence-corrected chi connectivity index (χ0v) is 6.62. The third-order valence-electron chi connectivity index (χ3n) is 2.31. The van der Waals surface area contributed by atoms with E-state index in [1.54, 1.807) is 0 Å². The highest BCUT2D eigenvalue weighted by Crippen LogP contribution is 2.24. The molecular weight excluding hydrogens is 150 g/mol. The predicted molar refractivity (Wildman–Crippen MR) is 48.2 cm³/mol. The fourth-order valence-corrected chi connectivity index (χ4v) is 1.75. The SMILES string of the molecule is c1cc2c3c(c1)ncn3CCN2. The van der Waals surface area contributed by atoms with E-state index in [0.717, 1.165) is 18.6 Å². The van der Waals surface area contributed by atoms with Crippen LogP contribution in [0.3, 0.4) is 0 Å². The molecular formula is C9H9N3. The van der Waals surface area contributed by atoms with Crippen LogP contribution in [0.25, 0.3) is 11.0 Å². The van der Waals surface area contributed by atoms with Crippen LogP contribution in [0.2, 0.25) is 0 Å². The predicted octanol–water partition coefficient (Wildman–Crippen LogP) is 1.46. The molecule has 1 aromatic heterocycles. The summed E-state index contributed by atoms with van der Waals surface area (Å²) < 4.78 is 2.20. The molecule has 0 bridgehead atoms. The number of anilines is 1. The van der Waals surface area contributed by atoms with Crippen LogP contribution in [-0.4, -0.2) is 16.1 Å². The fourth-order valence-electron chi connectivity index (χ4n) is 1.75. The summed E-state index contributed by atoms with van der Waals surface area (Å²) in [5.41, 5.74) is 3.53. The number of hydrogen-bond donors (Lipinski definition) is 1. The maximum Gasteiger partial charge on any atom is 0.0959 e. The lowest BCUT2D eigenvalue weighted by molar-refractivity contribution is 0.734. The molecule has 1 aliphatic heterocycles. The Bertz CT molecular complexity index is 430. The second-order valence-electron chi connectivity index (χ2n) is 3.04. The Morgan fingerprint density at radius 2 is 2.42 bits per heavy atom. The monoisotopic (exact) mass is 159 g/mol. The second-order valence-corrected chi connectivity index (χ2v) is 3.04.